The summed E-state index contributed by atoms with van der Waals surface area (Å²) in [5, 5.41) is 0.845. The molecule has 0 aliphatic carbocycles. The van der Waals surface area contributed by atoms with Gasteiger partial charge in [0.2, 0.25) is 0 Å². The molecule has 3 rings (SSSR count). The van der Waals surface area contributed by atoms with Crippen LogP contribution in [-0.4, -0.2) is 28.2 Å². The maximum Gasteiger partial charge on any atom is 0.148 e. The lowest BCUT2D eigenvalue weighted by Crippen LogP contribution is -2.60. The van der Waals surface area contributed by atoms with E-state index in [1.165, 1.54) is 0 Å². The molecule has 0 saturated carbocycles. The van der Waals surface area contributed by atoms with Crippen LogP contribution in [-0.2, 0) is 3.74 Å². The summed E-state index contributed by atoms with van der Waals surface area (Å²) in [7, 11) is 1.72. The van der Waals surface area contributed by atoms with E-state index in [1.807, 2.05) is 80.5 Å². The molecule has 2 aromatic carbocycles. The summed E-state index contributed by atoms with van der Waals surface area (Å²) in [6.07, 6.45) is 1.98. The summed E-state index contributed by atoms with van der Waals surface area (Å²) in [6.45, 7) is 0. The minimum absolute atomic E-state index is 0.682. The fourth-order valence-corrected chi connectivity index (χ4v) is 5.13. The smallest absolute Gasteiger partial charge is 0.148 e. The lowest BCUT2D eigenvalue weighted by molar-refractivity contribution is -1.91. The Morgan fingerprint density at radius 1 is 0.880 bits per heavy atom. The van der Waals surface area contributed by atoms with Crippen molar-refractivity contribution >= 4 is 28.2 Å². The molecule has 0 N–H and O–H groups in total. The second kappa shape index (κ2) is 6.60. The molecule has 8 heteroatoms. The molecule has 2 aromatic rings. The zero-order chi connectivity index (χ0) is 18.4. The van der Waals surface area contributed by atoms with E-state index in [0.717, 1.165) is 22.2 Å². The Bertz CT molecular complexity index is 939. The molecule has 134 valence electrons. The molecule has 0 spiro atoms. The standard InChI is InChI=1S/C17H19ClN2O4S/c1-19(2)14-7-5-12-9-13-6-8-15(20(3)4)11-17(13)25(16(12)10-14)24-18(21,22)23/h5-11H,1-4H3. The molecule has 1 aliphatic rings. The number of fused-ring (bicyclic) bond motifs is 2. The summed E-state index contributed by atoms with van der Waals surface area (Å²) in [6, 6.07) is 11.4. The van der Waals surface area contributed by atoms with Crippen molar-refractivity contribution in [3.63, 3.8) is 0 Å². The number of hydrogen-bond donors (Lipinski definition) is 0. The third-order valence-electron chi connectivity index (χ3n) is 3.88. The van der Waals surface area contributed by atoms with E-state index >= 15 is 0 Å². The maximum absolute atomic E-state index is 11.3. The van der Waals surface area contributed by atoms with Gasteiger partial charge in [0.05, 0.1) is 19.6 Å². The first-order valence-electron chi connectivity index (χ1n) is 7.48. The first-order chi connectivity index (χ1) is 11.7. The average molecular weight is 383 g/mol. The second-order valence-corrected chi connectivity index (χ2v) is 8.76. The molecule has 1 unspecified atom stereocenters. The van der Waals surface area contributed by atoms with Crippen LogP contribution in [0, 0.1) is 14.8 Å². The molecule has 0 saturated heterocycles. The van der Waals surface area contributed by atoms with Crippen molar-refractivity contribution < 1.29 is 28.0 Å². The fourth-order valence-electron chi connectivity index (χ4n) is 2.59. The fraction of sp³-hybridized carbons (Fsp3) is 0.235. The molecular formula is C17H19ClN2O4S. The topological polar surface area (TPSA) is 84.9 Å². The highest BCUT2D eigenvalue weighted by molar-refractivity contribution is 8.05. The summed E-state index contributed by atoms with van der Waals surface area (Å²) in [5.74, 6) is 0. The number of rotatable bonds is 4. The van der Waals surface area contributed by atoms with Crippen molar-refractivity contribution in [1.82, 2.24) is 0 Å². The number of hydrogen-bond acceptors (Lipinski definition) is 6. The van der Waals surface area contributed by atoms with Crippen LogP contribution >= 0.6 is 10.8 Å². The zero-order valence-corrected chi connectivity index (χ0v) is 15.9. The van der Waals surface area contributed by atoms with Crippen LogP contribution in [0.5, 0.6) is 0 Å². The van der Waals surface area contributed by atoms with E-state index in [2.05, 4.69) is 0 Å². The molecule has 0 radical (unpaired) electrons. The summed E-state index contributed by atoms with van der Waals surface area (Å²) >= 11 is 0. The van der Waals surface area contributed by atoms with Gasteiger partial charge >= 0.3 is 0 Å². The Balaban J connectivity index is 2.33. The van der Waals surface area contributed by atoms with Gasteiger partial charge in [-0.1, -0.05) is 12.1 Å². The van der Waals surface area contributed by atoms with E-state index < -0.39 is 21.0 Å². The van der Waals surface area contributed by atoms with Gasteiger partial charge in [-0.3, -0.25) is 0 Å². The van der Waals surface area contributed by atoms with Crippen molar-refractivity contribution in [1.29, 1.82) is 0 Å². The SMILES string of the molecule is CN(C)c1ccc2c(c1)S(O[Cl+3]([O-])([O-])[O-])=c1cc(N(C)C)ccc1=C2. The van der Waals surface area contributed by atoms with Gasteiger partial charge in [0.25, 0.3) is 0 Å². The predicted molar refractivity (Wildman–Crippen MR) is 90.5 cm³/mol. The van der Waals surface area contributed by atoms with Gasteiger partial charge in [-0.15, -0.1) is 0 Å². The normalized spacial score (nSPS) is 15.9. The van der Waals surface area contributed by atoms with Crippen LogP contribution in [0.2, 0.25) is 0 Å². The number of halogens is 1. The Kier molecular flexibility index (Phi) is 4.80. The van der Waals surface area contributed by atoms with Gasteiger partial charge in [0.1, 0.15) is 14.5 Å². The first-order valence-corrected chi connectivity index (χ1v) is 9.87. The number of anilines is 2. The van der Waals surface area contributed by atoms with Crippen LogP contribution < -0.4 is 29.0 Å². The third kappa shape index (κ3) is 3.82. The van der Waals surface area contributed by atoms with Gasteiger partial charge in [-0.2, -0.15) is 14.0 Å². The molecule has 1 heterocycles. The zero-order valence-electron chi connectivity index (χ0n) is 14.4. The van der Waals surface area contributed by atoms with E-state index in [4.69, 9.17) is 3.74 Å². The summed E-state index contributed by atoms with van der Waals surface area (Å²) in [5.41, 5.74) is 2.65. The van der Waals surface area contributed by atoms with Crippen LogP contribution in [0.25, 0.3) is 6.08 Å². The van der Waals surface area contributed by atoms with E-state index in [-0.39, 0.29) is 0 Å². The molecular weight excluding hydrogens is 364 g/mol. The van der Waals surface area contributed by atoms with E-state index in [0.29, 0.717) is 9.41 Å². The van der Waals surface area contributed by atoms with Crippen molar-refractivity contribution in [3.05, 3.63) is 51.7 Å². The molecule has 0 fully saturated rings. The first kappa shape index (κ1) is 18.2. The Labute approximate surface area is 151 Å². The van der Waals surface area contributed by atoms with E-state index in [9.17, 15) is 14.0 Å². The largest absolute Gasteiger partial charge is 0.378 e. The highest BCUT2D eigenvalue weighted by Gasteiger charge is 2.28. The Hall–Kier alpha value is -1.61. The van der Waals surface area contributed by atoms with Crippen LogP contribution in [0.3, 0.4) is 0 Å². The van der Waals surface area contributed by atoms with Gasteiger partial charge < -0.3 is 9.80 Å². The minimum atomic E-state index is -4.56. The molecule has 1 atom stereocenters. The van der Waals surface area contributed by atoms with Crippen LogP contribution in [0.4, 0.5) is 11.4 Å². The molecule has 25 heavy (non-hydrogen) atoms. The van der Waals surface area contributed by atoms with Gasteiger partial charge in [0.15, 0.2) is 0 Å². The molecule has 0 amide bonds. The second-order valence-electron chi connectivity index (χ2n) is 6.09. The van der Waals surface area contributed by atoms with Crippen molar-refractivity contribution in [2.24, 2.45) is 0 Å². The summed E-state index contributed by atoms with van der Waals surface area (Å²) in [4.78, 5) is 4.51. The molecule has 6 nitrogen and oxygen atoms in total. The molecule has 0 aromatic heterocycles. The highest BCUT2D eigenvalue weighted by Crippen LogP contribution is 2.39. The van der Waals surface area contributed by atoms with Crippen molar-refractivity contribution in [2.45, 2.75) is 4.90 Å². The lowest BCUT2D eigenvalue weighted by atomic mass is 10.1. The van der Waals surface area contributed by atoms with Crippen LogP contribution in [0.15, 0.2) is 41.3 Å². The average Bonchev–Trinajstić information content (AvgIpc) is 2.52. The maximum atomic E-state index is 11.3. The van der Waals surface area contributed by atoms with Gasteiger partial charge in [-0.25, -0.2) is 0 Å². The Morgan fingerprint density at radius 3 is 2.08 bits per heavy atom. The monoisotopic (exact) mass is 382 g/mol. The highest BCUT2D eigenvalue weighted by atomic mass is 35.7. The third-order valence-corrected chi connectivity index (χ3v) is 6.50. The number of nitrogens with zero attached hydrogens (tertiary/aromatic N) is 2. The predicted octanol–water partition coefficient (Wildman–Crippen LogP) is -0.631. The van der Waals surface area contributed by atoms with Gasteiger partial charge in [-0.05, 0) is 41.1 Å². The summed E-state index contributed by atoms with van der Waals surface area (Å²) < 4.78 is 39.6. The minimum Gasteiger partial charge on any atom is -0.378 e. The molecule has 0 bridgehead atoms. The quantitative estimate of drug-likeness (QED) is 0.654. The van der Waals surface area contributed by atoms with Crippen LogP contribution in [0.1, 0.15) is 5.56 Å². The van der Waals surface area contributed by atoms with E-state index in [1.54, 1.807) is 0 Å². The molecule has 1 aliphatic heterocycles. The lowest BCUT2D eigenvalue weighted by Gasteiger charge is -2.20. The van der Waals surface area contributed by atoms with Crippen molar-refractivity contribution in [2.75, 3.05) is 38.0 Å². The Morgan fingerprint density at radius 2 is 1.48 bits per heavy atom. The number of benzene rings is 2. The van der Waals surface area contributed by atoms with Gasteiger partial charge in [0, 0.05) is 39.6 Å². The van der Waals surface area contributed by atoms with Crippen molar-refractivity contribution in [3.8, 4) is 0 Å².